The summed E-state index contributed by atoms with van der Waals surface area (Å²) in [6.07, 6.45) is 1.77. The molecular weight excluding hydrogens is 440 g/mol. The molecule has 1 aromatic heterocycles. The summed E-state index contributed by atoms with van der Waals surface area (Å²) in [7, 11) is 4.94. The van der Waals surface area contributed by atoms with Gasteiger partial charge in [0.15, 0.2) is 5.82 Å². The Morgan fingerprint density at radius 3 is 2.39 bits per heavy atom. The molecule has 2 heterocycles. The maximum atomic E-state index is 5.91. The molecule has 0 spiro atoms. The summed E-state index contributed by atoms with van der Waals surface area (Å²) in [6, 6.07) is 13.7. The molecule has 1 N–H and O–H groups in total. The first-order chi connectivity index (χ1) is 16.2. The average molecular weight is 473 g/mol. The standard InChI is InChI=1S/C22H26N4O4S.C2H6/c1-27-16-8-4-7-15(13-16)14-31-25-22-24-23-21(19-11-6-12-30-19)26(22)20-17(28-2)9-5-10-18(20)29-3;1-2/h4-5,7-10,13,19H,6,11-12,14H2,1-3H3,(H,24,25);1-2H3. The topological polar surface area (TPSA) is 79.7 Å². The Bertz CT molecular complexity index is 999. The van der Waals surface area contributed by atoms with Crippen LogP contribution < -0.4 is 18.9 Å². The van der Waals surface area contributed by atoms with Crippen LogP contribution in [-0.4, -0.2) is 42.7 Å². The molecule has 2 aromatic carbocycles. The third-order valence-electron chi connectivity index (χ3n) is 5.07. The highest BCUT2D eigenvalue weighted by molar-refractivity contribution is 7.99. The Balaban J connectivity index is 0.00000149. The van der Waals surface area contributed by atoms with Crippen LogP contribution in [0.15, 0.2) is 42.5 Å². The van der Waals surface area contributed by atoms with E-state index in [1.54, 1.807) is 21.3 Å². The first-order valence-corrected chi connectivity index (χ1v) is 12.0. The molecule has 4 rings (SSSR count). The molecule has 0 radical (unpaired) electrons. The number of anilines is 1. The van der Waals surface area contributed by atoms with Crippen molar-refractivity contribution in [3.05, 3.63) is 53.9 Å². The fourth-order valence-corrected chi connectivity index (χ4v) is 4.25. The second-order valence-corrected chi connectivity index (χ2v) is 7.75. The van der Waals surface area contributed by atoms with Crippen LogP contribution in [0, 0.1) is 0 Å². The Hall–Kier alpha value is -2.91. The lowest BCUT2D eigenvalue weighted by Gasteiger charge is -2.19. The van der Waals surface area contributed by atoms with Gasteiger partial charge in [-0.3, -0.25) is 9.29 Å². The van der Waals surface area contributed by atoms with E-state index in [0.29, 0.717) is 24.1 Å². The maximum Gasteiger partial charge on any atom is 0.239 e. The van der Waals surface area contributed by atoms with Crippen molar-refractivity contribution in [1.82, 2.24) is 14.8 Å². The quantitative estimate of drug-likeness (QED) is 0.413. The van der Waals surface area contributed by atoms with Crippen molar-refractivity contribution >= 4 is 17.9 Å². The Morgan fingerprint density at radius 1 is 1.03 bits per heavy atom. The van der Waals surface area contributed by atoms with Crippen molar-refractivity contribution < 1.29 is 18.9 Å². The second-order valence-electron chi connectivity index (χ2n) is 6.97. The highest BCUT2D eigenvalue weighted by atomic mass is 32.2. The van der Waals surface area contributed by atoms with E-state index >= 15 is 0 Å². The van der Waals surface area contributed by atoms with Crippen LogP contribution in [-0.2, 0) is 10.5 Å². The molecule has 0 bridgehead atoms. The van der Waals surface area contributed by atoms with Crippen molar-refractivity contribution in [2.75, 3.05) is 32.7 Å². The third-order valence-corrected chi connectivity index (χ3v) is 5.87. The first-order valence-electron chi connectivity index (χ1n) is 11.0. The van der Waals surface area contributed by atoms with Crippen LogP contribution in [0.1, 0.15) is 44.2 Å². The number of para-hydroxylation sites is 1. The number of aromatic nitrogens is 3. The number of ether oxygens (including phenoxy) is 4. The molecule has 1 aliphatic heterocycles. The fraction of sp³-hybridized carbons (Fsp3) is 0.417. The number of methoxy groups -OCH3 is 3. The predicted octanol–water partition coefficient (Wildman–Crippen LogP) is 5.43. The molecular formula is C24H32N4O4S. The largest absolute Gasteiger partial charge is 0.497 e. The molecule has 0 amide bonds. The van der Waals surface area contributed by atoms with E-state index in [9.17, 15) is 0 Å². The van der Waals surface area contributed by atoms with Crippen molar-refractivity contribution in [2.24, 2.45) is 0 Å². The Labute approximate surface area is 199 Å². The van der Waals surface area contributed by atoms with Crippen molar-refractivity contribution in [1.29, 1.82) is 0 Å². The lowest BCUT2D eigenvalue weighted by Crippen LogP contribution is -2.11. The molecule has 1 atom stereocenters. The highest BCUT2D eigenvalue weighted by Gasteiger charge is 2.29. The zero-order valence-electron chi connectivity index (χ0n) is 19.8. The fourth-order valence-electron chi connectivity index (χ4n) is 3.57. The molecule has 3 aromatic rings. The van der Waals surface area contributed by atoms with Gasteiger partial charge in [-0.1, -0.05) is 32.0 Å². The lowest BCUT2D eigenvalue weighted by atomic mass is 10.2. The minimum Gasteiger partial charge on any atom is -0.497 e. The summed E-state index contributed by atoms with van der Waals surface area (Å²) in [5.41, 5.74) is 1.88. The van der Waals surface area contributed by atoms with Gasteiger partial charge in [0.05, 0.1) is 21.3 Å². The van der Waals surface area contributed by atoms with Crippen molar-refractivity contribution in [3.63, 3.8) is 0 Å². The molecule has 1 aliphatic rings. The molecule has 0 saturated carbocycles. The van der Waals surface area contributed by atoms with Crippen molar-refractivity contribution in [2.45, 2.75) is 38.5 Å². The minimum absolute atomic E-state index is 0.124. The summed E-state index contributed by atoms with van der Waals surface area (Å²) in [5.74, 6) is 4.20. The molecule has 1 saturated heterocycles. The molecule has 1 fully saturated rings. The predicted molar refractivity (Wildman–Crippen MR) is 132 cm³/mol. The summed E-state index contributed by atoms with van der Waals surface area (Å²) >= 11 is 1.52. The minimum atomic E-state index is -0.124. The zero-order valence-corrected chi connectivity index (χ0v) is 20.6. The molecule has 1 unspecified atom stereocenters. The molecule has 8 nitrogen and oxygen atoms in total. The van der Waals surface area contributed by atoms with Crippen LogP contribution in [0.2, 0.25) is 0 Å². The molecule has 9 heteroatoms. The van der Waals surface area contributed by atoms with E-state index in [0.717, 1.165) is 41.4 Å². The van der Waals surface area contributed by atoms with Gasteiger partial charge >= 0.3 is 0 Å². The van der Waals surface area contributed by atoms with E-state index in [4.69, 9.17) is 18.9 Å². The molecule has 0 aliphatic carbocycles. The monoisotopic (exact) mass is 472 g/mol. The number of benzene rings is 2. The van der Waals surface area contributed by atoms with Crippen LogP contribution in [0.25, 0.3) is 5.69 Å². The smallest absolute Gasteiger partial charge is 0.239 e. The lowest BCUT2D eigenvalue weighted by molar-refractivity contribution is 0.103. The van der Waals surface area contributed by atoms with Gasteiger partial charge in [-0.05, 0) is 54.6 Å². The van der Waals surface area contributed by atoms with E-state index in [1.807, 2.05) is 54.8 Å². The van der Waals surface area contributed by atoms with E-state index in [-0.39, 0.29) is 6.10 Å². The second kappa shape index (κ2) is 12.4. The number of nitrogens with one attached hydrogen (secondary N) is 1. The van der Waals surface area contributed by atoms with Crippen molar-refractivity contribution in [3.8, 4) is 22.9 Å². The summed E-state index contributed by atoms with van der Waals surface area (Å²) < 4.78 is 27.8. The molecule has 178 valence electrons. The Morgan fingerprint density at radius 2 is 1.76 bits per heavy atom. The van der Waals surface area contributed by atoms with Gasteiger partial charge in [-0.25, -0.2) is 0 Å². The maximum absolute atomic E-state index is 5.91. The number of nitrogens with zero attached hydrogens (tertiary/aromatic N) is 3. The van der Waals surface area contributed by atoms with Gasteiger partial charge in [0.2, 0.25) is 5.95 Å². The Kier molecular flexibility index (Phi) is 9.26. The van der Waals surface area contributed by atoms with E-state index in [2.05, 4.69) is 21.0 Å². The average Bonchev–Trinajstić information content (AvgIpc) is 3.55. The van der Waals surface area contributed by atoms with Crippen LogP contribution in [0.4, 0.5) is 5.95 Å². The SMILES string of the molecule is CC.COc1cccc(CSNc2nnc(C3CCCO3)n2-c2c(OC)cccc2OC)c1. The van der Waals surface area contributed by atoms with Gasteiger partial charge in [0.1, 0.15) is 29.0 Å². The highest BCUT2D eigenvalue weighted by Crippen LogP contribution is 2.39. The van der Waals surface area contributed by atoms with E-state index in [1.165, 1.54) is 11.9 Å². The third kappa shape index (κ3) is 5.72. The number of rotatable bonds is 9. The molecule has 33 heavy (non-hydrogen) atoms. The van der Waals surface area contributed by atoms with Crippen LogP contribution in [0.3, 0.4) is 0 Å². The van der Waals surface area contributed by atoms with Gasteiger partial charge in [0.25, 0.3) is 0 Å². The van der Waals surface area contributed by atoms with Gasteiger partial charge in [0, 0.05) is 12.4 Å². The summed E-state index contributed by atoms with van der Waals surface area (Å²) in [6.45, 7) is 4.72. The van der Waals surface area contributed by atoms with Gasteiger partial charge in [-0.15, -0.1) is 10.2 Å². The number of hydrogen-bond acceptors (Lipinski definition) is 8. The van der Waals surface area contributed by atoms with Crippen LogP contribution in [0.5, 0.6) is 17.2 Å². The normalized spacial score (nSPS) is 14.9. The number of hydrogen-bond donors (Lipinski definition) is 1. The summed E-state index contributed by atoms with van der Waals surface area (Å²) in [4.78, 5) is 0. The van der Waals surface area contributed by atoms with E-state index < -0.39 is 0 Å². The van der Waals surface area contributed by atoms with Gasteiger partial charge in [-0.2, -0.15) is 0 Å². The first kappa shape index (κ1) is 24.7. The summed E-state index contributed by atoms with van der Waals surface area (Å²) in [5, 5.41) is 8.88. The zero-order chi connectivity index (χ0) is 23.6. The van der Waals surface area contributed by atoms with Gasteiger partial charge < -0.3 is 18.9 Å². The van der Waals surface area contributed by atoms with Crippen LogP contribution >= 0.6 is 11.9 Å².